The van der Waals surface area contributed by atoms with Crippen LogP contribution in [0.15, 0.2) is 42.5 Å². The molecule has 0 unspecified atom stereocenters. The van der Waals surface area contributed by atoms with E-state index in [9.17, 15) is 0 Å². The zero-order chi connectivity index (χ0) is 13.1. The highest BCUT2D eigenvalue weighted by Gasteiger charge is 2.16. The van der Waals surface area contributed by atoms with Crippen molar-refractivity contribution >= 4 is 0 Å². The second kappa shape index (κ2) is 5.41. The van der Waals surface area contributed by atoms with Gasteiger partial charge in [0, 0.05) is 30.9 Å². The number of fused-ring (bicyclic) bond motifs is 1. The fourth-order valence-corrected chi connectivity index (χ4v) is 2.37. The summed E-state index contributed by atoms with van der Waals surface area (Å²) in [4.78, 5) is 6.87. The molecule has 1 aliphatic rings. The van der Waals surface area contributed by atoms with Gasteiger partial charge >= 0.3 is 0 Å². The predicted molar refractivity (Wildman–Crippen MR) is 75.0 cm³/mol. The normalized spacial score (nSPS) is 15.4. The first kappa shape index (κ1) is 12.2. The molecular weight excluding hydrogens is 236 g/mol. The molecule has 3 rings (SSSR count). The van der Waals surface area contributed by atoms with Crippen LogP contribution in [0.4, 0.5) is 0 Å². The maximum atomic E-state index is 5.74. The lowest BCUT2D eigenvalue weighted by atomic mass is 10.2. The third-order valence-electron chi connectivity index (χ3n) is 3.37. The molecule has 0 spiro atoms. The van der Waals surface area contributed by atoms with Gasteiger partial charge in [-0.15, -0.1) is 0 Å². The van der Waals surface area contributed by atoms with Crippen molar-refractivity contribution in [2.75, 3.05) is 13.2 Å². The Morgan fingerprint density at radius 2 is 2.00 bits per heavy atom. The Kier molecular flexibility index (Phi) is 3.47. The van der Waals surface area contributed by atoms with Gasteiger partial charge in [-0.1, -0.05) is 36.4 Å². The number of ether oxygens (including phenoxy) is 1. The van der Waals surface area contributed by atoms with Gasteiger partial charge < -0.3 is 4.74 Å². The summed E-state index contributed by atoms with van der Waals surface area (Å²) in [5.74, 6) is 0.801. The molecule has 1 aliphatic heterocycles. The Morgan fingerprint density at radius 3 is 2.84 bits per heavy atom. The molecule has 0 atom stereocenters. The van der Waals surface area contributed by atoms with Gasteiger partial charge in [-0.3, -0.25) is 4.90 Å². The highest BCUT2D eigenvalue weighted by atomic mass is 16.5. The Bertz CT molecular complexity index is 554. The van der Waals surface area contributed by atoms with Crippen molar-refractivity contribution in [3.63, 3.8) is 0 Å². The van der Waals surface area contributed by atoms with Crippen molar-refractivity contribution in [2.45, 2.75) is 20.0 Å². The van der Waals surface area contributed by atoms with E-state index < -0.39 is 0 Å². The Hall–Kier alpha value is -1.87. The van der Waals surface area contributed by atoms with Crippen LogP contribution in [-0.2, 0) is 13.1 Å². The van der Waals surface area contributed by atoms with E-state index in [4.69, 9.17) is 4.74 Å². The largest absolute Gasteiger partial charge is 0.476 e. The number of aromatic nitrogens is 1. The van der Waals surface area contributed by atoms with Crippen LogP contribution in [0.2, 0.25) is 0 Å². The minimum absolute atomic E-state index is 0.705. The fraction of sp³-hybridized carbons (Fsp3) is 0.312. The molecule has 0 saturated carbocycles. The summed E-state index contributed by atoms with van der Waals surface area (Å²) < 4.78 is 5.74. The lowest BCUT2D eigenvalue weighted by molar-refractivity contribution is 0.217. The van der Waals surface area contributed by atoms with Gasteiger partial charge in [0.15, 0.2) is 0 Å². The van der Waals surface area contributed by atoms with E-state index in [1.54, 1.807) is 0 Å². The van der Waals surface area contributed by atoms with E-state index in [1.807, 2.05) is 13.0 Å². The highest BCUT2D eigenvalue weighted by molar-refractivity contribution is 5.29. The number of hydrogen-bond acceptors (Lipinski definition) is 3. The van der Waals surface area contributed by atoms with Crippen molar-refractivity contribution in [1.82, 2.24) is 9.88 Å². The van der Waals surface area contributed by atoms with Gasteiger partial charge in [-0.05, 0) is 18.6 Å². The van der Waals surface area contributed by atoms with E-state index in [2.05, 4.69) is 46.3 Å². The summed E-state index contributed by atoms with van der Waals surface area (Å²) in [6, 6.07) is 14.7. The molecule has 98 valence electrons. The number of aryl methyl sites for hydroxylation is 1. The van der Waals surface area contributed by atoms with E-state index >= 15 is 0 Å². The number of benzene rings is 1. The van der Waals surface area contributed by atoms with Crippen LogP contribution < -0.4 is 4.74 Å². The first-order valence-electron chi connectivity index (χ1n) is 6.67. The number of rotatable bonds is 2. The molecule has 0 saturated heterocycles. The molecule has 0 radical (unpaired) electrons. The van der Waals surface area contributed by atoms with Crippen molar-refractivity contribution in [2.24, 2.45) is 0 Å². The maximum absolute atomic E-state index is 5.74. The van der Waals surface area contributed by atoms with Gasteiger partial charge in [0.2, 0.25) is 5.88 Å². The van der Waals surface area contributed by atoms with Gasteiger partial charge in [-0.2, -0.15) is 0 Å². The lowest BCUT2D eigenvalue weighted by Gasteiger charge is -2.19. The third kappa shape index (κ3) is 2.93. The first-order chi connectivity index (χ1) is 9.31. The second-order valence-corrected chi connectivity index (χ2v) is 4.96. The average molecular weight is 254 g/mol. The second-order valence-electron chi connectivity index (χ2n) is 4.96. The van der Waals surface area contributed by atoms with Crippen LogP contribution in [0, 0.1) is 6.92 Å². The topological polar surface area (TPSA) is 25.4 Å². The number of hydrogen-bond donors (Lipinski definition) is 0. The molecule has 1 aromatic heterocycles. The molecule has 0 fully saturated rings. The van der Waals surface area contributed by atoms with E-state index in [1.165, 1.54) is 11.1 Å². The SMILES string of the molecule is Cc1ccc2c(n1)OCCN(Cc1ccccc1)C2. The summed E-state index contributed by atoms with van der Waals surface area (Å²) in [6.45, 7) is 5.49. The molecule has 2 heterocycles. The van der Waals surface area contributed by atoms with E-state index in [0.717, 1.165) is 31.2 Å². The zero-order valence-corrected chi connectivity index (χ0v) is 11.2. The summed E-state index contributed by atoms with van der Waals surface area (Å²) in [7, 11) is 0. The van der Waals surface area contributed by atoms with Crippen LogP contribution in [0.3, 0.4) is 0 Å². The first-order valence-corrected chi connectivity index (χ1v) is 6.67. The quantitative estimate of drug-likeness (QED) is 0.824. The molecular formula is C16H18N2O. The monoisotopic (exact) mass is 254 g/mol. The standard InChI is InChI=1S/C16H18N2O/c1-13-7-8-15-12-18(9-10-19-16(15)17-13)11-14-5-3-2-4-6-14/h2-8H,9-12H2,1H3. The minimum atomic E-state index is 0.705. The third-order valence-corrected chi connectivity index (χ3v) is 3.37. The van der Waals surface area contributed by atoms with Gasteiger partial charge in [0.25, 0.3) is 0 Å². The van der Waals surface area contributed by atoms with Crippen LogP contribution in [-0.4, -0.2) is 23.0 Å². The molecule has 19 heavy (non-hydrogen) atoms. The predicted octanol–water partition coefficient (Wildman–Crippen LogP) is 2.78. The zero-order valence-electron chi connectivity index (χ0n) is 11.2. The number of nitrogens with zero attached hydrogens (tertiary/aromatic N) is 2. The summed E-state index contributed by atoms with van der Waals surface area (Å²) in [5.41, 5.74) is 3.53. The van der Waals surface area contributed by atoms with Crippen molar-refractivity contribution < 1.29 is 4.74 Å². The molecule has 2 aromatic rings. The molecule has 3 nitrogen and oxygen atoms in total. The van der Waals surface area contributed by atoms with Crippen molar-refractivity contribution in [1.29, 1.82) is 0 Å². The molecule has 3 heteroatoms. The smallest absolute Gasteiger partial charge is 0.218 e. The van der Waals surface area contributed by atoms with Gasteiger partial charge in [0.05, 0.1) is 0 Å². The minimum Gasteiger partial charge on any atom is -0.476 e. The average Bonchev–Trinajstić information content (AvgIpc) is 2.61. The fourth-order valence-electron chi connectivity index (χ4n) is 2.37. The van der Waals surface area contributed by atoms with Gasteiger partial charge in [-0.25, -0.2) is 4.98 Å². The lowest BCUT2D eigenvalue weighted by Crippen LogP contribution is -2.25. The van der Waals surface area contributed by atoms with E-state index in [-0.39, 0.29) is 0 Å². The Morgan fingerprint density at radius 1 is 1.16 bits per heavy atom. The van der Waals surface area contributed by atoms with Gasteiger partial charge in [0.1, 0.15) is 6.61 Å². The van der Waals surface area contributed by atoms with Crippen LogP contribution in [0.25, 0.3) is 0 Å². The maximum Gasteiger partial charge on any atom is 0.218 e. The molecule has 0 aliphatic carbocycles. The molecule has 1 aromatic carbocycles. The van der Waals surface area contributed by atoms with Crippen molar-refractivity contribution in [3.05, 3.63) is 59.3 Å². The summed E-state index contributed by atoms with van der Waals surface area (Å²) >= 11 is 0. The van der Waals surface area contributed by atoms with Crippen molar-refractivity contribution in [3.8, 4) is 5.88 Å². The Balaban J connectivity index is 1.77. The summed E-state index contributed by atoms with van der Waals surface area (Å²) in [6.07, 6.45) is 0. The Labute approximate surface area is 113 Å². The van der Waals surface area contributed by atoms with Crippen LogP contribution >= 0.6 is 0 Å². The molecule has 0 amide bonds. The number of pyridine rings is 1. The van der Waals surface area contributed by atoms with Crippen LogP contribution in [0.5, 0.6) is 5.88 Å². The van der Waals surface area contributed by atoms with E-state index in [0.29, 0.717) is 6.61 Å². The summed E-state index contributed by atoms with van der Waals surface area (Å²) in [5, 5.41) is 0. The molecule has 0 N–H and O–H groups in total. The van der Waals surface area contributed by atoms with Crippen LogP contribution in [0.1, 0.15) is 16.8 Å². The highest BCUT2D eigenvalue weighted by Crippen LogP contribution is 2.22. The molecule has 0 bridgehead atoms.